The van der Waals surface area contributed by atoms with Gasteiger partial charge in [-0.25, -0.2) is 9.78 Å². The average Bonchev–Trinajstić information content (AvgIpc) is 3.61. The van der Waals surface area contributed by atoms with Crippen LogP contribution in [0.25, 0.3) is 11.3 Å². The lowest BCUT2D eigenvalue weighted by Gasteiger charge is -2.36. The second-order valence-electron chi connectivity index (χ2n) is 10.5. The van der Waals surface area contributed by atoms with E-state index >= 15 is 0 Å². The predicted octanol–water partition coefficient (Wildman–Crippen LogP) is 5.72. The van der Waals surface area contributed by atoms with Crippen LogP contribution in [0.3, 0.4) is 0 Å². The smallest absolute Gasteiger partial charge is 0.410 e. The Kier molecular flexibility index (Phi) is 6.82. The normalized spacial score (nSPS) is 16.8. The van der Waals surface area contributed by atoms with E-state index in [0.717, 1.165) is 48.4 Å². The Bertz CT molecular complexity index is 971. The molecule has 1 aliphatic heterocycles. The lowest BCUT2D eigenvalue weighted by atomic mass is 9.98. The number of piperazine rings is 1. The molecule has 0 unspecified atom stereocenters. The number of amides is 1. The van der Waals surface area contributed by atoms with Gasteiger partial charge in [-0.05, 0) is 81.3 Å². The number of hydrogen-bond donors (Lipinski definition) is 0. The first-order chi connectivity index (χ1) is 15.7. The van der Waals surface area contributed by atoms with Gasteiger partial charge in [0.2, 0.25) is 0 Å². The Labute approximate surface area is 197 Å². The number of carbonyl (C=O) groups excluding carboxylic acids is 1. The summed E-state index contributed by atoms with van der Waals surface area (Å²) in [6.45, 7) is 13.7. The highest BCUT2D eigenvalue weighted by Gasteiger charge is 2.26. The van der Waals surface area contributed by atoms with Crippen LogP contribution in [-0.2, 0) is 4.74 Å². The van der Waals surface area contributed by atoms with Crippen molar-refractivity contribution in [3.63, 3.8) is 0 Å². The zero-order valence-electron chi connectivity index (χ0n) is 20.6. The van der Waals surface area contributed by atoms with Crippen molar-refractivity contribution in [3.8, 4) is 17.0 Å². The lowest BCUT2D eigenvalue weighted by molar-refractivity contribution is 0.0240. The Hall–Kier alpha value is -2.76. The fourth-order valence-electron chi connectivity index (χ4n) is 3.99. The molecule has 2 aliphatic rings. The van der Waals surface area contributed by atoms with E-state index in [1.165, 1.54) is 18.4 Å². The van der Waals surface area contributed by atoms with Gasteiger partial charge in [0, 0.05) is 31.7 Å². The number of benzene rings is 1. The van der Waals surface area contributed by atoms with Crippen LogP contribution in [0.1, 0.15) is 58.9 Å². The van der Waals surface area contributed by atoms with Crippen molar-refractivity contribution in [3.05, 3.63) is 42.0 Å². The van der Waals surface area contributed by atoms with Gasteiger partial charge >= 0.3 is 6.09 Å². The summed E-state index contributed by atoms with van der Waals surface area (Å²) in [7, 11) is 0. The van der Waals surface area contributed by atoms with Gasteiger partial charge in [-0.3, -0.25) is 0 Å². The molecule has 2 heterocycles. The molecule has 0 bridgehead atoms. The van der Waals surface area contributed by atoms with Crippen LogP contribution in [0, 0.1) is 5.92 Å². The summed E-state index contributed by atoms with van der Waals surface area (Å²) >= 11 is 0. The van der Waals surface area contributed by atoms with E-state index < -0.39 is 5.60 Å². The quantitative estimate of drug-likeness (QED) is 0.562. The summed E-state index contributed by atoms with van der Waals surface area (Å²) in [6, 6.07) is 12.6. The molecule has 0 spiro atoms. The van der Waals surface area contributed by atoms with Gasteiger partial charge in [0.05, 0.1) is 12.3 Å². The topological polar surface area (TPSA) is 54.9 Å². The minimum atomic E-state index is -0.475. The van der Waals surface area contributed by atoms with Gasteiger partial charge in [-0.15, -0.1) is 0 Å². The van der Waals surface area contributed by atoms with E-state index in [-0.39, 0.29) is 6.09 Å². The molecule has 1 saturated carbocycles. The molecular weight excluding hydrogens is 414 g/mol. The number of ether oxygens (including phenoxy) is 2. The number of rotatable bonds is 6. The lowest BCUT2D eigenvalue weighted by Crippen LogP contribution is -2.50. The van der Waals surface area contributed by atoms with E-state index in [1.54, 1.807) is 4.90 Å². The van der Waals surface area contributed by atoms with E-state index in [2.05, 4.69) is 49.1 Å². The fraction of sp³-hybridized carbons (Fsp3) is 0.556. The number of anilines is 1. The Morgan fingerprint density at radius 3 is 2.45 bits per heavy atom. The van der Waals surface area contributed by atoms with Crippen molar-refractivity contribution < 1.29 is 14.3 Å². The summed E-state index contributed by atoms with van der Waals surface area (Å²) in [5.41, 5.74) is 2.81. The molecule has 33 heavy (non-hydrogen) atoms. The zero-order valence-corrected chi connectivity index (χ0v) is 20.6. The first-order valence-electron chi connectivity index (χ1n) is 12.2. The van der Waals surface area contributed by atoms with E-state index in [4.69, 9.17) is 14.5 Å². The zero-order chi connectivity index (χ0) is 23.6. The molecule has 1 saturated heterocycles. The molecule has 1 aliphatic carbocycles. The van der Waals surface area contributed by atoms with E-state index in [9.17, 15) is 4.79 Å². The molecule has 2 aromatic rings. The van der Waals surface area contributed by atoms with Crippen LogP contribution in [0.15, 0.2) is 36.4 Å². The number of hydrogen-bond acceptors (Lipinski definition) is 5. The molecule has 6 heteroatoms. The van der Waals surface area contributed by atoms with Crippen LogP contribution < -0.4 is 9.64 Å². The third-order valence-electron chi connectivity index (χ3n) is 6.09. The van der Waals surface area contributed by atoms with Crippen LogP contribution in [0.4, 0.5) is 10.6 Å². The molecule has 1 amide bonds. The van der Waals surface area contributed by atoms with Crippen LogP contribution >= 0.6 is 0 Å². The highest BCUT2D eigenvalue weighted by molar-refractivity contribution is 5.69. The van der Waals surface area contributed by atoms with E-state index in [1.807, 2.05) is 26.8 Å². The highest BCUT2D eigenvalue weighted by atomic mass is 16.6. The number of nitrogens with zero attached hydrogens (tertiary/aromatic N) is 3. The van der Waals surface area contributed by atoms with Crippen molar-refractivity contribution in [2.24, 2.45) is 5.92 Å². The standard InChI is InChI=1S/C27H37N3O3/c1-19(2)22-17-21(11-12-24(22)32-18-20-9-10-20)23-7-6-8-25(28-23)29-13-15-30(16-14-29)26(31)33-27(3,4)5/h6-8,11-12,17,19-20H,9-10,13-16,18H2,1-5H3. The summed E-state index contributed by atoms with van der Waals surface area (Å²) in [4.78, 5) is 21.3. The van der Waals surface area contributed by atoms with Crippen molar-refractivity contribution in [1.82, 2.24) is 9.88 Å². The number of carbonyl (C=O) groups is 1. The monoisotopic (exact) mass is 451 g/mol. The molecule has 2 fully saturated rings. The Balaban J connectivity index is 1.45. The predicted molar refractivity (Wildman–Crippen MR) is 132 cm³/mol. The van der Waals surface area contributed by atoms with Crippen LogP contribution in [0.2, 0.25) is 0 Å². The minimum Gasteiger partial charge on any atom is -0.493 e. The van der Waals surface area contributed by atoms with Gasteiger partial charge in [-0.2, -0.15) is 0 Å². The van der Waals surface area contributed by atoms with Crippen LogP contribution in [0.5, 0.6) is 5.75 Å². The summed E-state index contributed by atoms with van der Waals surface area (Å²) in [6.07, 6.45) is 2.34. The second-order valence-corrected chi connectivity index (χ2v) is 10.5. The van der Waals surface area contributed by atoms with Gasteiger partial charge < -0.3 is 19.3 Å². The maximum Gasteiger partial charge on any atom is 0.410 e. The first-order valence-corrected chi connectivity index (χ1v) is 12.2. The summed E-state index contributed by atoms with van der Waals surface area (Å²) in [5.74, 6) is 3.05. The summed E-state index contributed by atoms with van der Waals surface area (Å²) in [5, 5.41) is 0. The van der Waals surface area contributed by atoms with Crippen molar-refractivity contribution in [1.29, 1.82) is 0 Å². The molecule has 0 N–H and O–H groups in total. The summed E-state index contributed by atoms with van der Waals surface area (Å²) < 4.78 is 11.6. The second kappa shape index (κ2) is 9.62. The fourth-order valence-corrected chi connectivity index (χ4v) is 3.99. The van der Waals surface area contributed by atoms with Gasteiger partial charge in [-0.1, -0.05) is 19.9 Å². The SMILES string of the molecule is CC(C)c1cc(-c2cccc(N3CCN(C(=O)OC(C)(C)C)CC3)n2)ccc1OCC1CC1. The molecule has 0 radical (unpaired) electrons. The minimum absolute atomic E-state index is 0.242. The molecule has 6 nitrogen and oxygen atoms in total. The van der Waals surface area contributed by atoms with Crippen LogP contribution in [-0.4, -0.2) is 54.4 Å². The average molecular weight is 452 g/mol. The molecule has 1 aromatic heterocycles. The third kappa shape index (κ3) is 6.18. The van der Waals surface area contributed by atoms with Gasteiger partial charge in [0.1, 0.15) is 17.2 Å². The molecule has 178 valence electrons. The largest absolute Gasteiger partial charge is 0.493 e. The Morgan fingerprint density at radius 2 is 1.82 bits per heavy atom. The molecular formula is C27H37N3O3. The van der Waals surface area contributed by atoms with Crippen molar-refractivity contribution in [2.45, 2.75) is 59.0 Å². The molecule has 0 atom stereocenters. The van der Waals surface area contributed by atoms with Gasteiger partial charge in [0.25, 0.3) is 0 Å². The maximum atomic E-state index is 12.4. The Morgan fingerprint density at radius 1 is 1.09 bits per heavy atom. The highest BCUT2D eigenvalue weighted by Crippen LogP contribution is 2.34. The first kappa shape index (κ1) is 23.4. The third-order valence-corrected chi connectivity index (χ3v) is 6.09. The van der Waals surface area contributed by atoms with Crippen molar-refractivity contribution >= 4 is 11.9 Å². The van der Waals surface area contributed by atoms with Gasteiger partial charge in [0.15, 0.2) is 0 Å². The number of pyridine rings is 1. The van der Waals surface area contributed by atoms with E-state index in [0.29, 0.717) is 19.0 Å². The number of aromatic nitrogens is 1. The molecule has 4 rings (SSSR count). The maximum absolute atomic E-state index is 12.4. The van der Waals surface area contributed by atoms with Crippen molar-refractivity contribution in [2.75, 3.05) is 37.7 Å². The molecule has 1 aromatic carbocycles.